The van der Waals surface area contributed by atoms with E-state index in [2.05, 4.69) is 15.3 Å². The Labute approximate surface area is 94.1 Å². The second-order valence-corrected chi connectivity index (χ2v) is 3.53. The number of azide groups is 1. The SMILES string of the molecule is CCC(C)C(=O)Nc1ccc(N=[N+]=[N-])cc1. The highest BCUT2D eigenvalue weighted by atomic mass is 16.1. The van der Waals surface area contributed by atoms with Crippen molar-refractivity contribution in [3.63, 3.8) is 0 Å². The first-order valence-corrected chi connectivity index (χ1v) is 5.13. The van der Waals surface area contributed by atoms with E-state index in [0.717, 1.165) is 6.42 Å². The number of anilines is 1. The van der Waals surface area contributed by atoms with Crippen molar-refractivity contribution in [3.05, 3.63) is 34.7 Å². The van der Waals surface area contributed by atoms with Gasteiger partial charge in [-0.25, -0.2) is 0 Å². The van der Waals surface area contributed by atoms with Crippen LogP contribution in [0.25, 0.3) is 10.4 Å². The van der Waals surface area contributed by atoms with Crippen LogP contribution in [0.2, 0.25) is 0 Å². The van der Waals surface area contributed by atoms with Gasteiger partial charge in [-0.1, -0.05) is 31.1 Å². The van der Waals surface area contributed by atoms with Crippen molar-refractivity contribution in [2.45, 2.75) is 20.3 Å². The van der Waals surface area contributed by atoms with Gasteiger partial charge in [0.05, 0.1) is 0 Å². The number of carbonyl (C=O) groups excluding carboxylic acids is 1. The van der Waals surface area contributed by atoms with Crippen molar-refractivity contribution in [1.29, 1.82) is 0 Å². The predicted molar refractivity (Wildman–Crippen MR) is 63.3 cm³/mol. The molecule has 0 heterocycles. The fraction of sp³-hybridized carbons (Fsp3) is 0.364. The minimum atomic E-state index is -0.00296. The quantitative estimate of drug-likeness (QED) is 0.467. The van der Waals surface area contributed by atoms with Gasteiger partial charge in [-0.05, 0) is 24.1 Å². The molecule has 84 valence electrons. The number of rotatable bonds is 4. The van der Waals surface area contributed by atoms with Crippen LogP contribution in [0.15, 0.2) is 29.4 Å². The Kier molecular flexibility index (Phi) is 4.36. The maximum Gasteiger partial charge on any atom is 0.227 e. The average Bonchev–Trinajstić information content (AvgIpc) is 2.31. The molecule has 0 bridgehead atoms. The van der Waals surface area contributed by atoms with Crippen molar-refractivity contribution >= 4 is 17.3 Å². The molecule has 0 aliphatic carbocycles. The largest absolute Gasteiger partial charge is 0.326 e. The van der Waals surface area contributed by atoms with Gasteiger partial charge >= 0.3 is 0 Å². The number of hydrogen-bond acceptors (Lipinski definition) is 2. The van der Waals surface area contributed by atoms with Gasteiger partial charge in [-0.2, -0.15) is 0 Å². The molecule has 0 radical (unpaired) electrons. The normalized spacial score (nSPS) is 11.4. The van der Waals surface area contributed by atoms with Gasteiger partial charge in [-0.3, -0.25) is 4.79 Å². The van der Waals surface area contributed by atoms with Crippen LogP contribution in [0.1, 0.15) is 20.3 Å². The van der Waals surface area contributed by atoms with E-state index in [-0.39, 0.29) is 11.8 Å². The highest BCUT2D eigenvalue weighted by molar-refractivity contribution is 5.92. The smallest absolute Gasteiger partial charge is 0.227 e. The fourth-order valence-electron chi connectivity index (χ4n) is 1.11. The Hall–Kier alpha value is -2.00. The summed E-state index contributed by atoms with van der Waals surface area (Å²) in [5.74, 6) is -0.00385. The summed E-state index contributed by atoms with van der Waals surface area (Å²) in [5, 5.41) is 6.23. The Morgan fingerprint density at radius 2 is 2.12 bits per heavy atom. The molecule has 0 aliphatic heterocycles. The van der Waals surface area contributed by atoms with Crippen molar-refractivity contribution in [1.82, 2.24) is 0 Å². The van der Waals surface area contributed by atoms with Crippen LogP contribution in [0.4, 0.5) is 11.4 Å². The molecule has 1 atom stereocenters. The van der Waals surface area contributed by atoms with Crippen LogP contribution in [-0.2, 0) is 4.79 Å². The highest BCUT2D eigenvalue weighted by Gasteiger charge is 2.09. The van der Waals surface area contributed by atoms with Gasteiger partial charge in [0.25, 0.3) is 0 Å². The third-order valence-electron chi connectivity index (χ3n) is 2.35. The Bertz CT molecular complexity index is 406. The molecule has 1 aromatic rings. The third-order valence-corrected chi connectivity index (χ3v) is 2.35. The van der Waals surface area contributed by atoms with Crippen LogP contribution in [0.5, 0.6) is 0 Å². The van der Waals surface area contributed by atoms with Gasteiger partial charge in [0.15, 0.2) is 0 Å². The standard InChI is InChI=1S/C11H14N4O/c1-3-8(2)11(16)13-9-4-6-10(7-5-9)14-15-12/h4-8H,3H2,1-2H3,(H,13,16). The molecule has 5 heteroatoms. The lowest BCUT2D eigenvalue weighted by molar-refractivity contribution is -0.119. The molecular weight excluding hydrogens is 204 g/mol. The van der Waals surface area contributed by atoms with E-state index in [9.17, 15) is 4.79 Å². The van der Waals surface area contributed by atoms with Gasteiger partial charge < -0.3 is 5.32 Å². The van der Waals surface area contributed by atoms with E-state index in [4.69, 9.17) is 5.53 Å². The summed E-state index contributed by atoms with van der Waals surface area (Å²) in [7, 11) is 0. The fourth-order valence-corrected chi connectivity index (χ4v) is 1.11. The van der Waals surface area contributed by atoms with Crippen molar-refractivity contribution in [2.24, 2.45) is 11.0 Å². The van der Waals surface area contributed by atoms with Gasteiger partial charge in [0.1, 0.15) is 0 Å². The van der Waals surface area contributed by atoms with Gasteiger partial charge in [-0.15, -0.1) is 0 Å². The first kappa shape index (κ1) is 12.1. The van der Waals surface area contributed by atoms with E-state index in [1.54, 1.807) is 24.3 Å². The third kappa shape index (κ3) is 3.29. The number of benzene rings is 1. The molecule has 1 amide bonds. The molecule has 5 nitrogen and oxygen atoms in total. The van der Waals surface area contributed by atoms with Crippen LogP contribution in [0.3, 0.4) is 0 Å². The van der Waals surface area contributed by atoms with Crippen LogP contribution < -0.4 is 5.32 Å². The lowest BCUT2D eigenvalue weighted by Gasteiger charge is -2.09. The van der Waals surface area contributed by atoms with Crippen LogP contribution in [0, 0.1) is 5.92 Å². The predicted octanol–water partition coefficient (Wildman–Crippen LogP) is 3.61. The van der Waals surface area contributed by atoms with Gasteiger partial charge in [0.2, 0.25) is 5.91 Å². The minimum Gasteiger partial charge on any atom is -0.326 e. The maximum absolute atomic E-state index is 11.6. The Balaban J connectivity index is 2.68. The van der Waals surface area contributed by atoms with Crippen LogP contribution in [-0.4, -0.2) is 5.91 Å². The molecule has 0 saturated carbocycles. The van der Waals surface area contributed by atoms with E-state index >= 15 is 0 Å². The molecule has 0 saturated heterocycles. The van der Waals surface area contributed by atoms with Crippen molar-refractivity contribution in [3.8, 4) is 0 Å². The van der Waals surface area contributed by atoms with E-state index < -0.39 is 0 Å². The minimum absolute atomic E-state index is 0.000894. The van der Waals surface area contributed by atoms with E-state index in [0.29, 0.717) is 11.4 Å². The highest BCUT2D eigenvalue weighted by Crippen LogP contribution is 2.17. The molecule has 0 aliphatic rings. The zero-order chi connectivity index (χ0) is 12.0. The second kappa shape index (κ2) is 5.78. The molecule has 0 aromatic heterocycles. The zero-order valence-corrected chi connectivity index (χ0v) is 9.34. The molecule has 1 rings (SSSR count). The molecule has 1 aromatic carbocycles. The molecule has 0 fully saturated rings. The summed E-state index contributed by atoms with van der Waals surface area (Å²) in [6.45, 7) is 3.85. The first-order valence-electron chi connectivity index (χ1n) is 5.13. The van der Waals surface area contributed by atoms with Gasteiger partial charge in [0, 0.05) is 22.2 Å². The topological polar surface area (TPSA) is 77.9 Å². The molecule has 0 spiro atoms. The number of nitrogens with one attached hydrogen (secondary N) is 1. The number of carbonyl (C=O) groups is 1. The second-order valence-electron chi connectivity index (χ2n) is 3.53. The van der Waals surface area contributed by atoms with Crippen molar-refractivity contribution < 1.29 is 4.79 Å². The molecular formula is C11H14N4O. The van der Waals surface area contributed by atoms with E-state index in [1.807, 2.05) is 13.8 Å². The van der Waals surface area contributed by atoms with Crippen LogP contribution >= 0.6 is 0 Å². The Morgan fingerprint density at radius 3 is 2.62 bits per heavy atom. The summed E-state index contributed by atoms with van der Waals surface area (Å²) in [4.78, 5) is 14.2. The summed E-state index contributed by atoms with van der Waals surface area (Å²) >= 11 is 0. The lowest BCUT2D eigenvalue weighted by Crippen LogP contribution is -2.19. The lowest BCUT2D eigenvalue weighted by atomic mass is 10.1. The summed E-state index contributed by atoms with van der Waals surface area (Å²) in [6, 6.07) is 6.74. The molecule has 16 heavy (non-hydrogen) atoms. The Morgan fingerprint density at radius 1 is 1.50 bits per heavy atom. The zero-order valence-electron chi connectivity index (χ0n) is 9.34. The monoisotopic (exact) mass is 218 g/mol. The summed E-state index contributed by atoms with van der Waals surface area (Å²) < 4.78 is 0. The average molecular weight is 218 g/mol. The number of amides is 1. The summed E-state index contributed by atoms with van der Waals surface area (Å²) in [5.41, 5.74) is 9.47. The number of nitrogens with zero attached hydrogens (tertiary/aromatic N) is 3. The number of hydrogen-bond donors (Lipinski definition) is 1. The van der Waals surface area contributed by atoms with E-state index in [1.165, 1.54) is 0 Å². The first-order chi connectivity index (χ1) is 7.67. The molecule has 1 N–H and O–H groups in total. The maximum atomic E-state index is 11.6. The molecule has 1 unspecified atom stereocenters. The van der Waals surface area contributed by atoms with Crippen molar-refractivity contribution in [2.75, 3.05) is 5.32 Å². The summed E-state index contributed by atoms with van der Waals surface area (Å²) in [6.07, 6.45) is 0.808.